The summed E-state index contributed by atoms with van der Waals surface area (Å²) >= 11 is 11.3. The van der Waals surface area contributed by atoms with E-state index < -0.39 is 0 Å². The normalized spacial score (nSPS) is 11.2. The zero-order valence-corrected chi connectivity index (χ0v) is 7.65. The summed E-state index contributed by atoms with van der Waals surface area (Å²) in [6.07, 6.45) is 0. The number of rotatable bonds is 1. The summed E-state index contributed by atoms with van der Waals surface area (Å²) in [7, 11) is 0. The maximum atomic E-state index is 5.63. The van der Waals surface area contributed by atoms with Crippen LogP contribution in [-0.2, 0) is 0 Å². The van der Waals surface area contributed by atoms with Gasteiger partial charge in [0.2, 0.25) is 0 Å². The van der Waals surface area contributed by atoms with Crippen molar-refractivity contribution in [2.45, 2.75) is 0 Å². The maximum Gasteiger partial charge on any atom is 0.195 e. The molecule has 0 bridgehead atoms. The van der Waals surface area contributed by atoms with Crippen LogP contribution in [0.3, 0.4) is 0 Å². The first kappa shape index (κ1) is 7.96. The lowest BCUT2D eigenvalue weighted by Gasteiger charge is -1.91. The van der Waals surface area contributed by atoms with Crippen LogP contribution in [0.4, 0.5) is 0 Å². The molecule has 1 nitrogen and oxygen atoms in total. The van der Waals surface area contributed by atoms with E-state index in [1.807, 2.05) is 30.3 Å². The molecule has 0 aliphatic carbocycles. The zero-order valence-electron chi connectivity index (χ0n) is 6.14. The Balaban J connectivity index is 2.62. The van der Waals surface area contributed by atoms with Crippen molar-refractivity contribution in [1.29, 1.82) is 0 Å². The van der Waals surface area contributed by atoms with Crippen molar-refractivity contribution >= 4 is 34.1 Å². The van der Waals surface area contributed by atoms with Crippen LogP contribution in [0.25, 0.3) is 10.9 Å². The molecular formula is C9H6Cl2N. The summed E-state index contributed by atoms with van der Waals surface area (Å²) < 4.78 is 0. The van der Waals surface area contributed by atoms with Crippen LogP contribution in [0.15, 0.2) is 30.3 Å². The third kappa shape index (κ3) is 1.30. The Labute approximate surface area is 80.3 Å². The van der Waals surface area contributed by atoms with Crippen LogP contribution in [0.2, 0.25) is 0 Å². The molecule has 1 N–H and O–H groups in total. The summed E-state index contributed by atoms with van der Waals surface area (Å²) in [6, 6.07) is 9.85. The van der Waals surface area contributed by atoms with Gasteiger partial charge >= 0.3 is 0 Å². The Kier molecular flexibility index (Phi) is 1.99. The van der Waals surface area contributed by atoms with Crippen LogP contribution in [0.5, 0.6) is 0 Å². The Bertz CT molecular complexity index is 359. The number of H-pyrrole nitrogens is 1. The van der Waals surface area contributed by atoms with Crippen LogP contribution in [-0.4, -0.2) is 4.98 Å². The van der Waals surface area contributed by atoms with Crippen LogP contribution in [0, 0.1) is 4.84 Å². The Morgan fingerprint density at radius 2 is 1.92 bits per heavy atom. The lowest BCUT2D eigenvalue weighted by Crippen LogP contribution is -1.78. The standard InChI is InChI=1S/C9H6Cl2N/c10-9(11)8-5-6-3-1-2-4-7(6)12-8/h1-5,12H. The molecule has 1 aromatic heterocycles. The van der Waals surface area contributed by atoms with E-state index in [1.165, 1.54) is 0 Å². The Morgan fingerprint density at radius 3 is 2.58 bits per heavy atom. The minimum atomic E-state index is 0.270. The van der Waals surface area contributed by atoms with E-state index >= 15 is 0 Å². The van der Waals surface area contributed by atoms with E-state index in [0.29, 0.717) is 0 Å². The van der Waals surface area contributed by atoms with Gasteiger partial charge in [0.1, 0.15) is 0 Å². The largest absolute Gasteiger partial charge is 0.356 e. The van der Waals surface area contributed by atoms with Gasteiger partial charge in [-0.25, -0.2) is 0 Å². The van der Waals surface area contributed by atoms with E-state index in [9.17, 15) is 0 Å². The van der Waals surface area contributed by atoms with Gasteiger partial charge in [0.15, 0.2) is 4.84 Å². The number of nitrogens with one attached hydrogen (secondary N) is 1. The first-order chi connectivity index (χ1) is 5.77. The molecule has 0 aliphatic heterocycles. The van der Waals surface area contributed by atoms with Crippen molar-refractivity contribution in [3.63, 3.8) is 0 Å². The summed E-state index contributed by atoms with van der Waals surface area (Å²) in [4.78, 5) is 3.36. The molecule has 1 heterocycles. The predicted molar refractivity (Wildman–Crippen MR) is 52.3 cm³/mol. The van der Waals surface area contributed by atoms with Crippen molar-refractivity contribution in [1.82, 2.24) is 4.98 Å². The van der Waals surface area contributed by atoms with Gasteiger partial charge in [-0.3, -0.25) is 0 Å². The molecule has 0 atom stereocenters. The number of hydrogen-bond donors (Lipinski definition) is 1. The third-order valence-corrected chi connectivity index (χ3v) is 2.14. The molecular weight excluding hydrogens is 193 g/mol. The minimum absolute atomic E-state index is 0.270. The zero-order chi connectivity index (χ0) is 8.55. The SMILES string of the molecule is Cl[C](Cl)c1cc2ccccc2[nH]1. The van der Waals surface area contributed by atoms with Gasteiger partial charge in [0.05, 0.1) is 5.69 Å². The molecule has 2 rings (SSSR count). The van der Waals surface area contributed by atoms with E-state index in [-0.39, 0.29) is 4.84 Å². The molecule has 0 fully saturated rings. The lowest BCUT2D eigenvalue weighted by atomic mass is 10.2. The number of para-hydroxylation sites is 1. The number of aromatic amines is 1. The molecule has 2 aromatic rings. The molecule has 0 unspecified atom stereocenters. The van der Waals surface area contributed by atoms with Crippen molar-refractivity contribution in [2.75, 3.05) is 0 Å². The van der Waals surface area contributed by atoms with Crippen molar-refractivity contribution in [3.8, 4) is 0 Å². The van der Waals surface area contributed by atoms with Gasteiger partial charge in [-0.2, -0.15) is 0 Å². The topological polar surface area (TPSA) is 15.8 Å². The van der Waals surface area contributed by atoms with Gasteiger partial charge in [0, 0.05) is 5.52 Å². The molecule has 0 saturated heterocycles. The highest BCUT2D eigenvalue weighted by Crippen LogP contribution is 2.25. The fraction of sp³-hybridized carbons (Fsp3) is 0. The summed E-state index contributed by atoms with van der Waals surface area (Å²) in [5.74, 6) is 0. The lowest BCUT2D eigenvalue weighted by molar-refractivity contribution is 1.35. The molecule has 0 saturated carbocycles. The predicted octanol–water partition coefficient (Wildman–Crippen LogP) is 3.48. The maximum absolute atomic E-state index is 5.63. The molecule has 1 aromatic carbocycles. The highest BCUT2D eigenvalue weighted by Gasteiger charge is 2.07. The van der Waals surface area contributed by atoms with Crippen LogP contribution < -0.4 is 0 Å². The molecule has 0 spiro atoms. The highest BCUT2D eigenvalue weighted by atomic mass is 35.5. The van der Waals surface area contributed by atoms with E-state index in [2.05, 4.69) is 4.98 Å². The second-order valence-electron chi connectivity index (χ2n) is 2.53. The van der Waals surface area contributed by atoms with E-state index in [4.69, 9.17) is 23.2 Å². The first-order valence-corrected chi connectivity index (χ1v) is 4.29. The van der Waals surface area contributed by atoms with Gasteiger partial charge in [-0.1, -0.05) is 41.4 Å². The van der Waals surface area contributed by atoms with Crippen molar-refractivity contribution in [2.24, 2.45) is 0 Å². The molecule has 1 radical (unpaired) electrons. The fourth-order valence-electron chi connectivity index (χ4n) is 1.18. The van der Waals surface area contributed by atoms with Gasteiger partial charge in [0.25, 0.3) is 0 Å². The number of halogens is 2. The molecule has 0 aliphatic rings. The number of fused-ring (bicyclic) bond motifs is 1. The monoisotopic (exact) mass is 198 g/mol. The summed E-state index contributed by atoms with van der Waals surface area (Å²) in [6.45, 7) is 0. The van der Waals surface area contributed by atoms with E-state index in [0.717, 1.165) is 16.6 Å². The Morgan fingerprint density at radius 1 is 1.17 bits per heavy atom. The molecule has 12 heavy (non-hydrogen) atoms. The van der Waals surface area contributed by atoms with Gasteiger partial charge < -0.3 is 4.98 Å². The highest BCUT2D eigenvalue weighted by molar-refractivity contribution is 6.54. The first-order valence-electron chi connectivity index (χ1n) is 3.53. The smallest absolute Gasteiger partial charge is 0.195 e. The van der Waals surface area contributed by atoms with Gasteiger partial charge in [-0.15, -0.1) is 0 Å². The molecule has 3 heteroatoms. The molecule has 61 valence electrons. The Hall–Kier alpha value is -0.660. The average molecular weight is 199 g/mol. The minimum Gasteiger partial charge on any atom is -0.356 e. The molecule has 0 amide bonds. The second-order valence-corrected chi connectivity index (χ2v) is 3.48. The second kappa shape index (κ2) is 3.00. The third-order valence-electron chi connectivity index (χ3n) is 1.73. The summed E-state index contributed by atoms with van der Waals surface area (Å²) in [5, 5.41) is 1.12. The van der Waals surface area contributed by atoms with Gasteiger partial charge in [-0.05, 0) is 17.5 Å². The average Bonchev–Trinajstić information content (AvgIpc) is 2.46. The van der Waals surface area contributed by atoms with Crippen LogP contribution in [0.1, 0.15) is 5.69 Å². The quantitative estimate of drug-likeness (QED) is 0.723. The van der Waals surface area contributed by atoms with Crippen LogP contribution >= 0.6 is 23.2 Å². The number of benzene rings is 1. The number of hydrogen-bond acceptors (Lipinski definition) is 0. The summed E-state index contributed by atoms with van der Waals surface area (Å²) in [5.41, 5.74) is 1.81. The van der Waals surface area contributed by atoms with Crippen molar-refractivity contribution in [3.05, 3.63) is 40.9 Å². The number of aromatic nitrogens is 1. The van der Waals surface area contributed by atoms with Crippen molar-refractivity contribution < 1.29 is 0 Å². The fourth-order valence-corrected chi connectivity index (χ4v) is 1.38. The van der Waals surface area contributed by atoms with E-state index in [1.54, 1.807) is 0 Å².